The number of aryl methyl sites for hydroxylation is 2. The van der Waals surface area contributed by atoms with Crippen LogP contribution in [0.5, 0.6) is 5.75 Å². The van der Waals surface area contributed by atoms with E-state index in [9.17, 15) is 9.59 Å². The predicted molar refractivity (Wildman–Crippen MR) is 129 cm³/mol. The molecule has 9 heteroatoms. The molecule has 176 valence electrons. The van der Waals surface area contributed by atoms with Crippen LogP contribution in [0.4, 0.5) is 10.5 Å². The number of rotatable bonds is 5. The molecule has 0 unspecified atom stereocenters. The topological polar surface area (TPSA) is 87.7 Å². The Morgan fingerprint density at radius 3 is 2.36 bits per heavy atom. The van der Waals surface area contributed by atoms with Gasteiger partial charge in [0.1, 0.15) is 5.75 Å². The lowest BCUT2D eigenvalue weighted by molar-refractivity contribution is -0.127. The Kier molecular flexibility index (Phi) is 7.07. The molecule has 2 saturated heterocycles. The molecule has 1 aromatic carbocycles. The van der Waals surface area contributed by atoms with Crippen LogP contribution in [0.1, 0.15) is 30.7 Å². The van der Waals surface area contributed by atoms with Gasteiger partial charge in [0.2, 0.25) is 5.91 Å². The number of carbonyl (C=O) groups excluding carboxylic acids is 2. The van der Waals surface area contributed by atoms with Gasteiger partial charge in [-0.15, -0.1) is 0 Å². The first-order valence-corrected chi connectivity index (χ1v) is 12.3. The Morgan fingerprint density at radius 2 is 1.70 bits per heavy atom. The molecule has 2 aromatic rings. The Hall–Kier alpha value is -2.81. The summed E-state index contributed by atoms with van der Waals surface area (Å²) in [7, 11) is 1.59. The number of para-hydroxylation sites is 2. The summed E-state index contributed by atoms with van der Waals surface area (Å²) in [5.74, 6) is 1.14. The average Bonchev–Trinajstić information content (AvgIpc) is 3.21. The maximum Gasteiger partial charge on any atom is 0.321 e. The van der Waals surface area contributed by atoms with Gasteiger partial charge in [0.25, 0.3) is 0 Å². The number of anilines is 1. The van der Waals surface area contributed by atoms with E-state index in [2.05, 4.69) is 15.3 Å². The van der Waals surface area contributed by atoms with Crippen molar-refractivity contribution in [1.82, 2.24) is 19.8 Å². The summed E-state index contributed by atoms with van der Waals surface area (Å²) in [6.07, 6.45) is 2.80. The van der Waals surface area contributed by atoms with E-state index in [0.717, 1.165) is 43.7 Å². The largest absolute Gasteiger partial charge is 0.495 e. The molecule has 33 heavy (non-hydrogen) atoms. The fourth-order valence-electron chi connectivity index (χ4n) is 4.66. The third-order valence-corrected chi connectivity index (χ3v) is 7.37. The summed E-state index contributed by atoms with van der Waals surface area (Å²) < 4.78 is 5.32. The zero-order chi connectivity index (χ0) is 23.4. The normalized spacial score (nSPS) is 17.3. The summed E-state index contributed by atoms with van der Waals surface area (Å²) in [5.41, 5.74) is 2.61. The highest BCUT2D eigenvalue weighted by Crippen LogP contribution is 2.40. The van der Waals surface area contributed by atoms with Crippen LogP contribution >= 0.6 is 11.8 Å². The molecule has 0 saturated carbocycles. The zero-order valence-corrected chi connectivity index (χ0v) is 20.3. The minimum Gasteiger partial charge on any atom is -0.495 e. The maximum atomic E-state index is 12.8. The van der Waals surface area contributed by atoms with Gasteiger partial charge in [-0.25, -0.2) is 14.8 Å². The van der Waals surface area contributed by atoms with E-state index in [1.165, 1.54) is 11.8 Å². The lowest BCUT2D eigenvalue weighted by atomic mass is 9.78. The van der Waals surface area contributed by atoms with Crippen molar-refractivity contribution in [2.75, 3.05) is 44.4 Å². The van der Waals surface area contributed by atoms with Crippen molar-refractivity contribution in [3.8, 4) is 5.75 Å². The molecule has 8 nitrogen and oxygen atoms in total. The molecule has 2 aliphatic rings. The standard InChI is InChI=1S/C24H31N5O3S/c1-17-14-18(2)26-22(25-17)33-15-21(30)29-13-10-24(16-29)8-11-28(12-9-24)23(31)27-19-6-4-5-7-20(19)32-3/h4-7,14H,8-13,15-16H2,1-3H3,(H,27,31). The first-order valence-electron chi connectivity index (χ1n) is 11.3. The first-order chi connectivity index (χ1) is 15.9. The van der Waals surface area contributed by atoms with E-state index in [1.54, 1.807) is 7.11 Å². The van der Waals surface area contributed by atoms with Gasteiger partial charge in [-0.05, 0) is 56.7 Å². The van der Waals surface area contributed by atoms with E-state index in [-0.39, 0.29) is 17.4 Å². The molecule has 0 radical (unpaired) electrons. The summed E-state index contributed by atoms with van der Waals surface area (Å²) in [6, 6.07) is 9.24. The number of hydrogen-bond acceptors (Lipinski definition) is 6. The fraction of sp³-hybridized carbons (Fsp3) is 0.500. The van der Waals surface area contributed by atoms with Crippen LogP contribution in [0.2, 0.25) is 0 Å². The van der Waals surface area contributed by atoms with Crippen molar-refractivity contribution in [3.05, 3.63) is 41.7 Å². The van der Waals surface area contributed by atoms with Crippen LogP contribution in [0.25, 0.3) is 0 Å². The van der Waals surface area contributed by atoms with Crippen molar-refractivity contribution in [1.29, 1.82) is 0 Å². The second-order valence-electron chi connectivity index (χ2n) is 8.90. The summed E-state index contributed by atoms with van der Waals surface area (Å²) in [6.45, 7) is 6.80. The van der Waals surface area contributed by atoms with Gasteiger partial charge in [0.05, 0.1) is 18.6 Å². The molecule has 0 bridgehead atoms. The van der Waals surface area contributed by atoms with E-state index in [1.807, 2.05) is 54.0 Å². The van der Waals surface area contributed by atoms with Crippen molar-refractivity contribution in [2.24, 2.45) is 5.41 Å². The first kappa shape index (κ1) is 23.4. The quantitative estimate of drug-likeness (QED) is 0.530. The molecule has 0 atom stereocenters. The van der Waals surface area contributed by atoms with Crippen molar-refractivity contribution >= 4 is 29.4 Å². The van der Waals surface area contributed by atoms with Gasteiger partial charge >= 0.3 is 6.03 Å². The highest BCUT2D eigenvalue weighted by molar-refractivity contribution is 7.99. The zero-order valence-electron chi connectivity index (χ0n) is 19.5. The van der Waals surface area contributed by atoms with Crippen LogP contribution in [-0.4, -0.2) is 70.7 Å². The molecule has 3 amide bonds. The number of nitrogens with zero attached hydrogens (tertiary/aromatic N) is 4. The number of benzene rings is 1. The Morgan fingerprint density at radius 1 is 1.06 bits per heavy atom. The summed E-state index contributed by atoms with van der Waals surface area (Å²) in [4.78, 5) is 38.2. The third-order valence-electron chi connectivity index (χ3n) is 6.54. The molecule has 2 aliphatic heterocycles. The van der Waals surface area contributed by atoms with E-state index >= 15 is 0 Å². The second-order valence-corrected chi connectivity index (χ2v) is 9.85. The van der Waals surface area contributed by atoms with E-state index in [0.29, 0.717) is 35.4 Å². The summed E-state index contributed by atoms with van der Waals surface area (Å²) in [5, 5.41) is 3.62. The van der Waals surface area contributed by atoms with Gasteiger partial charge in [0, 0.05) is 37.6 Å². The fourth-order valence-corrected chi connectivity index (χ4v) is 5.51. The molecule has 1 aromatic heterocycles. The van der Waals surface area contributed by atoms with Crippen LogP contribution < -0.4 is 10.1 Å². The smallest absolute Gasteiger partial charge is 0.321 e. The number of likely N-dealkylation sites (tertiary alicyclic amines) is 2. The van der Waals surface area contributed by atoms with Crippen molar-refractivity contribution in [2.45, 2.75) is 38.3 Å². The van der Waals surface area contributed by atoms with Gasteiger partial charge in [-0.3, -0.25) is 4.79 Å². The molecule has 1 spiro atoms. The molecule has 4 rings (SSSR count). The monoisotopic (exact) mass is 469 g/mol. The molecular weight excluding hydrogens is 438 g/mol. The third kappa shape index (κ3) is 5.58. The van der Waals surface area contributed by atoms with Crippen LogP contribution in [0.15, 0.2) is 35.5 Å². The molecule has 0 aliphatic carbocycles. The minimum atomic E-state index is -0.106. The average molecular weight is 470 g/mol. The predicted octanol–water partition coefficient (Wildman–Crippen LogP) is 3.74. The van der Waals surface area contributed by atoms with Crippen molar-refractivity contribution < 1.29 is 14.3 Å². The van der Waals surface area contributed by atoms with Gasteiger partial charge in [-0.2, -0.15) is 0 Å². The van der Waals surface area contributed by atoms with Crippen molar-refractivity contribution in [3.63, 3.8) is 0 Å². The van der Waals surface area contributed by atoms with E-state index in [4.69, 9.17) is 4.74 Å². The van der Waals surface area contributed by atoms with Crippen LogP contribution in [0.3, 0.4) is 0 Å². The Bertz CT molecular complexity index is 1000. The highest BCUT2D eigenvalue weighted by Gasteiger charge is 2.42. The van der Waals surface area contributed by atoms with Crippen LogP contribution in [0, 0.1) is 19.3 Å². The number of piperidine rings is 1. The number of hydrogen-bond donors (Lipinski definition) is 1. The lowest BCUT2D eigenvalue weighted by Gasteiger charge is -2.39. The Balaban J connectivity index is 1.27. The highest BCUT2D eigenvalue weighted by atomic mass is 32.2. The number of carbonyl (C=O) groups is 2. The maximum absolute atomic E-state index is 12.8. The number of methoxy groups -OCH3 is 1. The number of aromatic nitrogens is 2. The van der Waals surface area contributed by atoms with Crippen LogP contribution in [-0.2, 0) is 4.79 Å². The van der Waals surface area contributed by atoms with Gasteiger partial charge < -0.3 is 19.9 Å². The number of amides is 3. The summed E-state index contributed by atoms with van der Waals surface area (Å²) >= 11 is 1.40. The van der Waals surface area contributed by atoms with Gasteiger partial charge in [0.15, 0.2) is 5.16 Å². The molecule has 2 fully saturated rings. The second kappa shape index (κ2) is 9.99. The lowest BCUT2D eigenvalue weighted by Crippen LogP contribution is -2.46. The SMILES string of the molecule is COc1ccccc1NC(=O)N1CCC2(CCN(C(=O)CSc3nc(C)cc(C)n3)C2)CC1. The number of thioether (sulfide) groups is 1. The number of nitrogens with one attached hydrogen (secondary N) is 1. The Labute approximate surface area is 199 Å². The van der Waals surface area contributed by atoms with Gasteiger partial charge in [-0.1, -0.05) is 23.9 Å². The van der Waals surface area contributed by atoms with E-state index < -0.39 is 0 Å². The molecule has 3 heterocycles. The molecular formula is C24H31N5O3S. The minimum absolute atomic E-state index is 0.106. The number of ether oxygens (including phenoxy) is 1. The number of urea groups is 1. The molecule has 1 N–H and O–H groups in total.